The van der Waals surface area contributed by atoms with Gasteiger partial charge in [-0.1, -0.05) is 127 Å². The molecule has 4 rings (SSSR count). The largest absolute Gasteiger partial charge is 0.381 e. The molecule has 1 unspecified atom stereocenters. The fourth-order valence-corrected chi connectivity index (χ4v) is 3.61. The molecule has 1 atom stereocenters. The monoisotopic (exact) mass is 402 g/mol. The summed E-state index contributed by atoms with van der Waals surface area (Å²) in [4.78, 5) is 0. The lowest BCUT2D eigenvalue weighted by atomic mass is 9.85. The van der Waals surface area contributed by atoms with Crippen molar-refractivity contribution in [1.82, 2.24) is 0 Å². The molecular formula is C30H26O. The second-order valence-electron chi connectivity index (χ2n) is 7.76. The van der Waals surface area contributed by atoms with Gasteiger partial charge in [0.05, 0.1) is 0 Å². The van der Waals surface area contributed by atoms with Crippen molar-refractivity contribution in [2.75, 3.05) is 0 Å². The van der Waals surface area contributed by atoms with E-state index in [1.165, 1.54) is 0 Å². The number of aliphatic hydroxyl groups is 1. The van der Waals surface area contributed by atoms with E-state index in [4.69, 9.17) is 0 Å². The predicted molar refractivity (Wildman–Crippen MR) is 132 cm³/mol. The predicted octanol–water partition coefficient (Wildman–Crippen LogP) is 7.11. The summed E-state index contributed by atoms with van der Waals surface area (Å²) in [6, 6.07) is 30.5. The molecule has 0 heterocycles. The molecule has 0 bridgehead atoms. The lowest BCUT2D eigenvalue weighted by Crippen LogP contribution is -2.26. The van der Waals surface area contributed by atoms with Crippen molar-refractivity contribution < 1.29 is 5.11 Å². The van der Waals surface area contributed by atoms with Gasteiger partial charge in [0.15, 0.2) is 0 Å². The van der Waals surface area contributed by atoms with Gasteiger partial charge in [0.2, 0.25) is 0 Å². The van der Waals surface area contributed by atoms with Crippen LogP contribution < -0.4 is 0 Å². The third kappa shape index (κ3) is 6.15. The highest BCUT2D eigenvalue weighted by molar-refractivity contribution is 5.61. The molecule has 0 aromatic heterocycles. The number of hydrogen-bond donors (Lipinski definition) is 1. The average molecular weight is 403 g/mol. The molecule has 0 aliphatic heterocycles. The lowest BCUT2D eigenvalue weighted by molar-refractivity contribution is 0.143. The van der Waals surface area contributed by atoms with Gasteiger partial charge in [-0.3, -0.25) is 0 Å². The third-order valence-electron chi connectivity index (χ3n) is 5.18. The summed E-state index contributed by atoms with van der Waals surface area (Å²) in [5.74, 6) is 0. The summed E-state index contributed by atoms with van der Waals surface area (Å²) in [6.45, 7) is 0. The normalized spacial score (nSPS) is 19.1. The summed E-state index contributed by atoms with van der Waals surface area (Å²) in [5, 5.41) is 11.4. The Morgan fingerprint density at radius 2 is 1.06 bits per heavy atom. The van der Waals surface area contributed by atoms with E-state index in [-0.39, 0.29) is 0 Å². The average Bonchev–Trinajstić information content (AvgIpc) is 2.82. The Morgan fingerprint density at radius 1 is 0.581 bits per heavy atom. The number of benzene rings is 3. The molecule has 3 aromatic rings. The van der Waals surface area contributed by atoms with Crippen molar-refractivity contribution in [2.24, 2.45) is 0 Å². The van der Waals surface area contributed by atoms with E-state index in [1.54, 1.807) is 0 Å². The smallest absolute Gasteiger partial charge is 0.106 e. The fraction of sp³-hybridized carbons (Fsp3) is 0.0667. The van der Waals surface area contributed by atoms with Gasteiger partial charge < -0.3 is 5.11 Å². The van der Waals surface area contributed by atoms with Crippen molar-refractivity contribution in [2.45, 2.75) is 12.0 Å². The van der Waals surface area contributed by atoms with Gasteiger partial charge in [-0.15, -0.1) is 0 Å². The van der Waals surface area contributed by atoms with Crippen LogP contribution in [-0.4, -0.2) is 10.7 Å². The molecule has 31 heavy (non-hydrogen) atoms. The van der Waals surface area contributed by atoms with Crippen LogP contribution in [0.25, 0.3) is 18.2 Å². The molecule has 1 N–H and O–H groups in total. The second kappa shape index (κ2) is 9.88. The van der Waals surface area contributed by atoms with E-state index < -0.39 is 5.60 Å². The van der Waals surface area contributed by atoms with Gasteiger partial charge in [0, 0.05) is 6.42 Å². The van der Waals surface area contributed by atoms with Crippen LogP contribution in [0.5, 0.6) is 0 Å². The van der Waals surface area contributed by atoms with Crippen molar-refractivity contribution in [3.8, 4) is 0 Å². The molecule has 3 aromatic carbocycles. The first kappa shape index (κ1) is 20.6. The first-order valence-electron chi connectivity index (χ1n) is 10.5. The molecule has 1 nitrogen and oxygen atoms in total. The van der Waals surface area contributed by atoms with Crippen LogP contribution in [0.1, 0.15) is 23.1 Å². The number of hydrogen-bond acceptors (Lipinski definition) is 1. The van der Waals surface area contributed by atoms with Gasteiger partial charge in [0.1, 0.15) is 5.60 Å². The first-order valence-corrected chi connectivity index (χ1v) is 10.5. The van der Waals surface area contributed by atoms with Crippen LogP contribution in [-0.2, 0) is 0 Å². The zero-order valence-electron chi connectivity index (χ0n) is 17.4. The Bertz CT molecular complexity index is 1130. The maximum atomic E-state index is 11.4. The molecule has 1 aliphatic rings. The van der Waals surface area contributed by atoms with Crippen LogP contribution in [0.4, 0.5) is 0 Å². The zero-order valence-corrected chi connectivity index (χ0v) is 17.4. The molecular weight excluding hydrogens is 376 g/mol. The summed E-state index contributed by atoms with van der Waals surface area (Å²) < 4.78 is 0. The minimum atomic E-state index is -1.04. The Labute approximate surface area is 184 Å². The molecule has 0 saturated carbocycles. The molecule has 0 amide bonds. The lowest BCUT2D eigenvalue weighted by Gasteiger charge is -2.26. The summed E-state index contributed by atoms with van der Waals surface area (Å²) in [7, 11) is 0. The van der Waals surface area contributed by atoms with E-state index in [9.17, 15) is 5.11 Å². The zero-order chi connectivity index (χ0) is 21.4. The van der Waals surface area contributed by atoms with Crippen molar-refractivity contribution >= 4 is 18.2 Å². The molecule has 1 aliphatic carbocycles. The fourth-order valence-electron chi connectivity index (χ4n) is 3.61. The Balaban J connectivity index is 1.62. The molecule has 0 radical (unpaired) electrons. The Hall–Kier alpha value is -3.68. The van der Waals surface area contributed by atoms with E-state index in [0.717, 1.165) is 27.8 Å². The quantitative estimate of drug-likeness (QED) is 0.466. The SMILES string of the molecule is OC1(/C=C/c2ccccc2)C=C(/C=C/c2ccccc2)C=C(/C=C/c2ccccc2)C1. The van der Waals surface area contributed by atoms with Gasteiger partial charge in [-0.25, -0.2) is 0 Å². The highest BCUT2D eigenvalue weighted by Gasteiger charge is 2.25. The van der Waals surface area contributed by atoms with Crippen LogP contribution >= 0.6 is 0 Å². The summed E-state index contributed by atoms with van der Waals surface area (Å²) in [6.07, 6.45) is 16.8. The van der Waals surface area contributed by atoms with Crippen molar-refractivity contribution in [3.63, 3.8) is 0 Å². The van der Waals surface area contributed by atoms with Crippen LogP contribution in [0.15, 0.2) is 133 Å². The Morgan fingerprint density at radius 3 is 1.61 bits per heavy atom. The van der Waals surface area contributed by atoms with E-state index >= 15 is 0 Å². The maximum Gasteiger partial charge on any atom is 0.106 e. The molecule has 0 spiro atoms. The number of rotatable bonds is 6. The standard InChI is InChI=1S/C30H26O/c31-30(21-20-27-14-8-3-9-15-27)23-28(18-16-25-10-4-1-5-11-25)22-29(24-30)19-17-26-12-6-2-7-13-26/h1-23,31H,24H2/b18-16+,19-17+,21-20+. The van der Waals surface area contributed by atoms with Crippen LogP contribution in [0, 0.1) is 0 Å². The topological polar surface area (TPSA) is 20.2 Å². The molecule has 0 fully saturated rings. The van der Waals surface area contributed by atoms with Gasteiger partial charge in [0.25, 0.3) is 0 Å². The third-order valence-corrected chi connectivity index (χ3v) is 5.18. The van der Waals surface area contributed by atoms with Gasteiger partial charge in [-0.05, 0) is 40.0 Å². The molecule has 152 valence electrons. The summed E-state index contributed by atoms with van der Waals surface area (Å²) >= 11 is 0. The number of allylic oxidation sites excluding steroid dienone is 4. The van der Waals surface area contributed by atoms with Crippen LogP contribution in [0.3, 0.4) is 0 Å². The van der Waals surface area contributed by atoms with E-state index in [1.807, 2.05) is 85.0 Å². The highest BCUT2D eigenvalue weighted by atomic mass is 16.3. The molecule has 1 heteroatoms. The minimum absolute atomic E-state index is 0.530. The summed E-state index contributed by atoms with van der Waals surface area (Å²) in [5.41, 5.74) is 4.37. The minimum Gasteiger partial charge on any atom is -0.381 e. The van der Waals surface area contributed by atoms with Gasteiger partial charge in [-0.2, -0.15) is 0 Å². The van der Waals surface area contributed by atoms with Crippen molar-refractivity contribution in [3.05, 3.63) is 149 Å². The van der Waals surface area contributed by atoms with E-state index in [2.05, 4.69) is 54.6 Å². The maximum absolute atomic E-state index is 11.4. The van der Waals surface area contributed by atoms with E-state index in [0.29, 0.717) is 6.42 Å². The Kier molecular flexibility index (Phi) is 6.56. The van der Waals surface area contributed by atoms with Gasteiger partial charge >= 0.3 is 0 Å². The van der Waals surface area contributed by atoms with Crippen molar-refractivity contribution in [1.29, 1.82) is 0 Å². The van der Waals surface area contributed by atoms with Crippen LogP contribution in [0.2, 0.25) is 0 Å². The second-order valence-corrected chi connectivity index (χ2v) is 7.76. The molecule has 0 saturated heterocycles. The first-order chi connectivity index (χ1) is 15.2. The highest BCUT2D eigenvalue weighted by Crippen LogP contribution is 2.30.